The highest BCUT2D eigenvalue weighted by Gasteiger charge is 2.29. The van der Waals surface area contributed by atoms with E-state index in [4.69, 9.17) is 24.2 Å². The molecule has 2 aromatic rings. The molecule has 0 spiro atoms. The van der Waals surface area contributed by atoms with Crippen LogP contribution < -0.4 is 20.1 Å². The summed E-state index contributed by atoms with van der Waals surface area (Å²) in [5, 5.41) is 6.95. The van der Waals surface area contributed by atoms with E-state index in [0.29, 0.717) is 18.4 Å². The van der Waals surface area contributed by atoms with Gasteiger partial charge in [0.05, 0.1) is 49.0 Å². The maximum absolute atomic E-state index is 5.85. The predicted octanol–water partition coefficient (Wildman–Crippen LogP) is 2.47. The Morgan fingerprint density at radius 2 is 1.79 bits per heavy atom. The van der Waals surface area contributed by atoms with Crippen molar-refractivity contribution in [3.63, 3.8) is 0 Å². The van der Waals surface area contributed by atoms with Crippen LogP contribution in [-0.4, -0.2) is 61.0 Å². The second kappa shape index (κ2) is 9.84. The van der Waals surface area contributed by atoms with E-state index in [1.54, 1.807) is 14.2 Å². The largest absolute Gasteiger partial charge is 0.481 e. The second-order valence-corrected chi connectivity index (χ2v) is 6.83. The summed E-state index contributed by atoms with van der Waals surface area (Å²) in [6, 6.07) is 3.90. The molecule has 2 N–H and O–H groups in total. The van der Waals surface area contributed by atoms with Crippen LogP contribution >= 0.6 is 0 Å². The summed E-state index contributed by atoms with van der Waals surface area (Å²) in [4.78, 5) is 14.3. The molecule has 0 aliphatic carbocycles. The van der Waals surface area contributed by atoms with E-state index in [1.165, 1.54) is 0 Å². The zero-order valence-corrected chi connectivity index (χ0v) is 17.9. The first kappa shape index (κ1) is 21.3. The van der Waals surface area contributed by atoms with Gasteiger partial charge in [0.25, 0.3) is 0 Å². The molecule has 1 saturated heterocycles. The molecule has 29 heavy (non-hydrogen) atoms. The van der Waals surface area contributed by atoms with E-state index < -0.39 is 0 Å². The number of aromatic nitrogens is 3. The van der Waals surface area contributed by atoms with Crippen LogP contribution in [0.5, 0.6) is 11.8 Å². The van der Waals surface area contributed by atoms with Crippen LogP contribution in [0.15, 0.2) is 12.1 Å². The van der Waals surface area contributed by atoms with E-state index in [1.807, 2.05) is 19.1 Å². The third-order valence-corrected chi connectivity index (χ3v) is 5.06. The third kappa shape index (κ3) is 4.59. The molecular formula is C21H31N5O3. The highest BCUT2D eigenvalue weighted by atomic mass is 16.5. The van der Waals surface area contributed by atoms with Crippen molar-refractivity contribution in [2.45, 2.75) is 45.8 Å². The van der Waals surface area contributed by atoms with Crippen LogP contribution in [0.3, 0.4) is 0 Å². The van der Waals surface area contributed by atoms with Gasteiger partial charge in [-0.1, -0.05) is 13.8 Å². The molecule has 1 fully saturated rings. The topological polar surface area (TPSA) is 90.4 Å². The third-order valence-electron chi connectivity index (χ3n) is 5.06. The summed E-state index contributed by atoms with van der Waals surface area (Å²) in [6.45, 7) is 8.56. The minimum absolute atomic E-state index is 0.127. The fourth-order valence-corrected chi connectivity index (χ4v) is 3.57. The van der Waals surface area contributed by atoms with Gasteiger partial charge in [0.15, 0.2) is 0 Å². The highest BCUT2D eigenvalue weighted by Crippen LogP contribution is 2.32. The highest BCUT2D eigenvalue weighted by molar-refractivity contribution is 5.69. The van der Waals surface area contributed by atoms with Gasteiger partial charge in [0, 0.05) is 25.8 Å². The van der Waals surface area contributed by atoms with Gasteiger partial charge in [-0.05, 0) is 25.8 Å². The van der Waals surface area contributed by atoms with Crippen molar-refractivity contribution >= 4 is 5.82 Å². The van der Waals surface area contributed by atoms with Crippen LogP contribution in [0.25, 0.3) is 11.3 Å². The van der Waals surface area contributed by atoms with Crippen molar-refractivity contribution in [3.8, 4) is 23.0 Å². The van der Waals surface area contributed by atoms with Crippen LogP contribution in [0.4, 0.5) is 5.82 Å². The van der Waals surface area contributed by atoms with E-state index in [2.05, 4.69) is 29.5 Å². The lowest BCUT2D eigenvalue weighted by Crippen LogP contribution is -2.35. The lowest BCUT2D eigenvalue weighted by molar-refractivity contribution is 0.0709. The monoisotopic (exact) mass is 401 g/mol. The fraction of sp³-hybridized carbons (Fsp3) is 0.571. The summed E-state index contributed by atoms with van der Waals surface area (Å²) >= 11 is 0. The van der Waals surface area contributed by atoms with Crippen LogP contribution in [0.2, 0.25) is 0 Å². The second-order valence-electron chi connectivity index (χ2n) is 6.83. The lowest BCUT2D eigenvalue weighted by atomic mass is 10.1. The number of anilines is 1. The molecule has 158 valence electrons. The molecule has 8 heteroatoms. The minimum atomic E-state index is 0.127. The molecule has 8 nitrogen and oxygen atoms in total. The summed E-state index contributed by atoms with van der Waals surface area (Å²) in [7, 11) is 3.18. The molecule has 3 heterocycles. The van der Waals surface area contributed by atoms with Crippen molar-refractivity contribution in [2.75, 3.05) is 39.2 Å². The first-order chi connectivity index (χ1) is 14.1. The van der Waals surface area contributed by atoms with E-state index in [9.17, 15) is 0 Å². The van der Waals surface area contributed by atoms with Gasteiger partial charge >= 0.3 is 0 Å². The summed E-state index contributed by atoms with van der Waals surface area (Å²) in [5.74, 6) is 1.81. The Balaban J connectivity index is 1.99. The summed E-state index contributed by atoms with van der Waals surface area (Å²) in [5.41, 5.74) is 3.42. The smallest absolute Gasteiger partial charge is 0.226 e. The molecule has 2 aromatic heterocycles. The molecule has 0 unspecified atom stereocenters. The van der Waals surface area contributed by atoms with Gasteiger partial charge in [0.1, 0.15) is 5.82 Å². The van der Waals surface area contributed by atoms with Crippen LogP contribution in [0.1, 0.15) is 32.2 Å². The van der Waals surface area contributed by atoms with Gasteiger partial charge in [0.2, 0.25) is 11.8 Å². The molecule has 0 radical (unpaired) electrons. The first-order valence-corrected chi connectivity index (χ1v) is 10.2. The normalized spacial score (nSPS) is 18.7. The molecule has 0 saturated carbocycles. The van der Waals surface area contributed by atoms with Crippen LogP contribution in [-0.2, 0) is 17.6 Å². The number of aryl methyl sites for hydroxylation is 2. The van der Waals surface area contributed by atoms with Crippen molar-refractivity contribution < 1.29 is 14.2 Å². The number of hydrogen-bond acceptors (Lipinski definition) is 8. The van der Waals surface area contributed by atoms with Gasteiger partial charge in [-0.2, -0.15) is 4.98 Å². The molecule has 1 aliphatic heterocycles. The Labute approximate surface area is 172 Å². The van der Waals surface area contributed by atoms with E-state index in [-0.39, 0.29) is 12.1 Å². The van der Waals surface area contributed by atoms with Crippen molar-refractivity contribution in [1.82, 2.24) is 20.3 Å². The van der Waals surface area contributed by atoms with Crippen molar-refractivity contribution in [1.29, 1.82) is 0 Å². The lowest BCUT2D eigenvalue weighted by Gasteiger charge is -2.22. The van der Waals surface area contributed by atoms with Crippen LogP contribution in [0, 0.1) is 0 Å². The fourth-order valence-electron chi connectivity index (χ4n) is 3.57. The standard InChI is InChI=1S/C21H31N5O3/c1-6-14-19(13-9-10-18(27-4)26-21(13)28-5)23-15(7-2)20(24-14)25-16-11-22-12-17(16)29-8-3/h9-10,16-17,22H,6-8,11-12H2,1-5H3,(H,24,25)/t16-,17+/m1/s1. The predicted molar refractivity (Wildman–Crippen MR) is 113 cm³/mol. The number of rotatable bonds is 9. The maximum Gasteiger partial charge on any atom is 0.226 e. The molecule has 0 amide bonds. The zero-order valence-electron chi connectivity index (χ0n) is 17.9. The number of ether oxygens (including phenoxy) is 3. The van der Waals surface area contributed by atoms with E-state index in [0.717, 1.165) is 54.4 Å². The maximum atomic E-state index is 5.85. The number of hydrogen-bond donors (Lipinski definition) is 2. The van der Waals surface area contributed by atoms with Gasteiger partial charge in [-0.25, -0.2) is 9.97 Å². The quantitative estimate of drug-likeness (QED) is 0.662. The summed E-state index contributed by atoms with van der Waals surface area (Å²) in [6.07, 6.45) is 1.63. The number of pyridine rings is 1. The molecule has 0 bridgehead atoms. The Bertz CT molecular complexity index is 830. The minimum Gasteiger partial charge on any atom is -0.481 e. The van der Waals surface area contributed by atoms with Gasteiger partial charge in [-0.3, -0.25) is 0 Å². The van der Waals surface area contributed by atoms with Gasteiger partial charge in [-0.15, -0.1) is 0 Å². The molecular weight excluding hydrogens is 370 g/mol. The Morgan fingerprint density at radius 1 is 1.00 bits per heavy atom. The molecule has 3 rings (SSSR count). The zero-order chi connectivity index (χ0) is 20.8. The van der Waals surface area contributed by atoms with Crippen molar-refractivity contribution in [3.05, 3.63) is 23.5 Å². The average molecular weight is 402 g/mol. The molecule has 1 aliphatic rings. The first-order valence-electron chi connectivity index (χ1n) is 10.2. The molecule has 0 aromatic carbocycles. The Hall–Kier alpha value is -2.45. The summed E-state index contributed by atoms with van der Waals surface area (Å²) < 4.78 is 16.6. The average Bonchev–Trinajstić information content (AvgIpc) is 3.19. The number of nitrogens with one attached hydrogen (secondary N) is 2. The number of methoxy groups -OCH3 is 2. The van der Waals surface area contributed by atoms with Crippen molar-refractivity contribution in [2.24, 2.45) is 0 Å². The Kier molecular flexibility index (Phi) is 7.22. The Morgan fingerprint density at radius 3 is 2.45 bits per heavy atom. The number of nitrogens with zero attached hydrogens (tertiary/aromatic N) is 3. The van der Waals surface area contributed by atoms with E-state index >= 15 is 0 Å². The molecule has 2 atom stereocenters. The van der Waals surface area contributed by atoms with Gasteiger partial charge < -0.3 is 24.8 Å². The SMILES string of the molecule is CCO[C@H]1CNC[C@H]1Nc1nc(CC)c(-c2ccc(OC)nc2OC)nc1CC.